The van der Waals surface area contributed by atoms with Crippen LogP contribution in [0.2, 0.25) is 0 Å². The molecule has 0 aliphatic heterocycles. The molecule has 4 nitrogen and oxygen atoms in total. The molecule has 106 valence electrons. The zero-order valence-corrected chi connectivity index (χ0v) is 11.8. The van der Waals surface area contributed by atoms with Gasteiger partial charge >= 0.3 is 0 Å². The molecule has 0 fully saturated rings. The van der Waals surface area contributed by atoms with Gasteiger partial charge in [-0.05, 0) is 49.2 Å². The monoisotopic (exact) mass is 272 g/mol. The lowest BCUT2D eigenvalue weighted by atomic mass is 10.1. The Bertz CT molecular complexity index is 543. The van der Waals surface area contributed by atoms with Crippen molar-refractivity contribution in [3.63, 3.8) is 0 Å². The largest absolute Gasteiger partial charge is 0.504 e. The highest BCUT2D eigenvalue weighted by Crippen LogP contribution is 2.28. The molecule has 1 unspecified atom stereocenters. The molecule has 2 aromatic rings. The maximum Gasteiger partial charge on any atom is 0.160 e. The van der Waals surface area contributed by atoms with Crippen molar-refractivity contribution < 1.29 is 9.84 Å². The van der Waals surface area contributed by atoms with Crippen LogP contribution in [0.5, 0.6) is 11.5 Å². The summed E-state index contributed by atoms with van der Waals surface area (Å²) in [6.07, 6.45) is 4.60. The molecule has 0 saturated carbocycles. The highest BCUT2D eigenvalue weighted by molar-refractivity contribution is 5.42. The summed E-state index contributed by atoms with van der Waals surface area (Å²) in [5, 5.41) is 13.0. The van der Waals surface area contributed by atoms with Crippen molar-refractivity contribution in [2.24, 2.45) is 0 Å². The highest BCUT2D eigenvalue weighted by atomic mass is 16.5. The van der Waals surface area contributed by atoms with E-state index in [1.54, 1.807) is 19.4 Å². The van der Waals surface area contributed by atoms with Gasteiger partial charge in [-0.15, -0.1) is 0 Å². The van der Waals surface area contributed by atoms with Crippen LogP contribution in [0.15, 0.2) is 42.7 Å². The number of phenolic OH excluding ortho intramolecular Hbond substituents is 1. The molecule has 2 N–H and O–H groups in total. The summed E-state index contributed by atoms with van der Waals surface area (Å²) < 4.78 is 5.12. The fourth-order valence-corrected chi connectivity index (χ4v) is 2.06. The average molecular weight is 272 g/mol. The van der Waals surface area contributed by atoms with Crippen molar-refractivity contribution >= 4 is 0 Å². The van der Waals surface area contributed by atoms with Crippen molar-refractivity contribution in [1.82, 2.24) is 10.3 Å². The van der Waals surface area contributed by atoms with Crippen molar-refractivity contribution in [2.75, 3.05) is 13.7 Å². The van der Waals surface area contributed by atoms with E-state index < -0.39 is 0 Å². The SMILES string of the molecule is COc1cc(C(C)NCCc2cccnc2)ccc1O. The van der Waals surface area contributed by atoms with Crippen LogP contribution in [0.3, 0.4) is 0 Å². The summed E-state index contributed by atoms with van der Waals surface area (Å²) in [5.74, 6) is 0.669. The van der Waals surface area contributed by atoms with E-state index in [4.69, 9.17) is 4.74 Å². The van der Waals surface area contributed by atoms with Gasteiger partial charge in [0.15, 0.2) is 11.5 Å². The lowest BCUT2D eigenvalue weighted by molar-refractivity contribution is 0.372. The van der Waals surface area contributed by atoms with Crippen LogP contribution in [0.4, 0.5) is 0 Å². The highest BCUT2D eigenvalue weighted by Gasteiger charge is 2.08. The predicted octanol–water partition coefficient (Wildman–Crippen LogP) is 2.69. The van der Waals surface area contributed by atoms with Gasteiger partial charge in [-0.25, -0.2) is 0 Å². The number of benzene rings is 1. The van der Waals surface area contributed by atoms with Crippen LogP contribution in [0.25, 0.3) is 0 Å². The minimum absolute atomic E-state index is 0.166. The molecule has 1 heterocycles. The third kappa shape index (κ3) is 3.71. The molecular formula is C16H20N2O2. The second-order valence-electron chi connectivity index (χ2n) is 4.72. The van der Waals surface area contributed by atoms with E-state index in [0.717, 1.165) is 18.5 Å². The van der Waals surface area contributed by atoms with Gasteiger partial charge < -0.3 is 15.2 Å². The molecule has 2 rings (SSSR count). The first-order valence-electron chi connectivity index (χ1n) is 6.70. The zero-order valence-electron chi connectivity index (χ0n) is 11.8. The molecule has 0 spiro atoms. The Morgan fingerprint density at radius 1 is 1.35 bits per heavy atom. The topological polar surface area (TPSA) is 54.4 Å². The van der Waals surface area contributed by atoms with Crippen molar-refractivity contribution in [3.8, 4) is 11.5 Å². The Labute approximate surface area is 119 Å². The van der Waals surface area contributed by atoms with Gasteiger partial charge in [-0.2, -0.15) is 0 Å². The minimum atomic E-state index is 0.166. The van der Waals surface area contributed by atoms with E-state index in [2.05, 4.69) is 23.3 Å². The maximum absolute atomic E-state index is 9.59. The molecule has 0 bridgehead atoms. The van der Waals surface area contributed by atoms with Crippen LogP contribution < -0.4 is 10.1 Å². The molecule has 0 amide bonds. The fraction of sp³-hybridized carbons (Fsp3) is 0.312. The van der Waals surface area contributed by atoms with Gasteiger partial charge in [-0.3, -0.25) is 4.98 Å². The van der Waals surface area contributed by atoms with E-state index in [-0.39, 0.29) is 11.8 Å². The van der Waals surface area contributed by atoms with Gasteiger partial charge in [-0.1, -0.05) is 12.1 Å². The molecular weight excluding hydrogens is 252 g/mol. The summed E-state index contributed by atoms with van der Waals surface area (Å²) >= 11 is 0. The molecule has 1 atom stereocenters. The summed E-state index contributed by atoms with van der Waals surface area (Å²) in [5.41, 5.74) is 2.31. The van der Waals surface area contributed by atoms with E-state index >= 15 is 0 Å². The Hall–Kier alpha value is -2.07. The van der Waals surface area contributed by atoms with Gasteiger partial charge in [0.1, 0.15) is 0 Å². The number of hydrogen-bond acceptors (Lipinski definition) is 4. The van der Waals surface area contributed by atoms with Gasteiger partial charge in [0.2, 0.25) is 0 Å². The van der Waals surface area contributed by atoms with Gasteiger partial charge in [0, 0.05) is 18.4 Å². The summed E-state index contributed by atoms with van der Waals surface area (Å²) in [6, 6.07) is 9.64. The second-order valence-corrected chi connectivity index (χ2v) is 4.72. The molecule has 20 heavy (non-hydrogen) atoms. The van der Waals surface area contributed by atoms with E-state index in [9.17, 15) is 5.11 Å². The number of methoxy groups -OCH3 is 1. The quantitative estimate of drug-likeness (QED) is 0.849. The maximum atomic E-state index is 9.59. The van der Waals surface area contributed by atoms with Crippen molar-refractivity contribution in [2.45, 2.75) is 19.4 Å². The summed E-state index contributed by atoms with van der Waals surface area (Å²) in [7, 11) is 1.55. The summed E-state index contributed by atoms with van der Waals surface area (Å²) in [6.45, 7) is 2.96. The number of phenols is 1. The Kier molecular flexibility index (Phi) is 4.96. The zero-order chi connectivity index (χ0) is 14.4. The standard InChI is InChI=1S/C16H20N2O2/c1-12(14-5-6-15(19)16(10-14)20-2)18-9-7-13-4-3-8-17-11-13/h3-6,8,10-12,18-19H,7,9H2,1-2H3. The Morgan fingerprint density at radius 3 is 2.90 bits per heavy atom. The van der Waals surface area contributed by atoms with Crippen molar-refractivity contribution in [3.05, 3.63) is 53.9 Å². The first-order valence-corrected chi connectivity index (χ1v) is 6.70. The molecule has 0 aliphatic rings. The second kappa shape index (κ2) is 6.91. The third-order valence-corrected chi connectivity index (χ3v) is 3.29. The molecule has 0 aliphatic carbocycles. The molecule has 0 radical (unpaired) electrons. The van der Waals surface area contributed by atoms with Crippen LogP contribution in [-0.4, -0.2) is 23.7 Å². The average Bonchev–Trinajstić information content (AvgIpc) is 2.48. The first-order chi connectivity index (χ1) is 9.70. The van der Waals surface area contributed by atoms with Gasteiger partial charge in [0.05, 0.1) is 7.11 Å². The van der Waals surface area contributed by atoms with Crippen LogP contribution >= 0.6 is 0 Å². The fourth-order valence-electron chi connectivity index (χ4n) is 2.06. The van der Waals surface area contributed by atoms with Crippen LogP contribution in [-0.2, 0) is 6.42 Å². The smallest absolute Gasteiger partial charge is 0.160 e. The molecule has 1 aromatic heterocycles. The number of hydrogen-bond donors (Lipinski definition) is 2. The Morgan fingerprint density at radius 2 is 2.20 bits per heavy atom. The minimum Gasteiger partial charge on any atom is -0.504 e. The van der Waals surface area contributed by atoms with Crippen LogP contribution in [0.1, 0.15) is 24.1 Å². The predicted molar refractivity (Wildman–Crippen MR) is 79.0 cm³/mol. The van der Waals surface area contributed by atoms with Crippen LogP contribution in [0, 0.1) is 0 Å². The number of aromatic hydroxyl groups is 1. The van der Waals surface area contributed by atoms with E-state index in [0.29, 0.717) is 5.75 Å². The third-order valence-electron chi connectivity index (χ3n) is 3.29. The normalized spacial score (nSPS) is 12.1. The number of nitrogens with zero attached hydrogens (tertiary/aromatic N) is 1. The first kappa shape index (κ1) is 14.3. The number of pyridine rings is 1. The number of aromatic nitrogens is 1. The lowest BCUT2D eigenvalue weighted by Crippen LogP contribution is -2.21. The molecule has 4 heteroatoms. The van der Waals surface area contributed by atoms with E-state index in [1.807, 2.05) is 24.4 Å². The Balaban J connectivity index is 1.90. The molecule has 0 saturated heterocycles. The van der Waals surface area contributed by atoms with Gasteiger partial charge in [0.25, 0.3) is 0 Å². The molecule has 1 aromatic carbocycles. The number of ether oxygens (including phenoxy) is 1. The summed E-state index contributed by atoms with van der Waals surface area (Å²) in [4.78, 5) is 4.10. The number of nitrogens with one attached hydrogen (secondary N) is 1. The van der Waals surface area contributed by atoms with E-state index in [1.165, 1.54) is 5.56 Å². The number of rotatable bonds is 6. The van der Waals surface area contributed by atoms with Crippen molar-refractivity contribution in [1.29, 1.82) is 0 Å². The lowest BCUT2D eigenvalue weighted by Gasteiger charge is -2.15.